The molecule has 0 aliphatic carbocycles. The van der Waals surface area contributed by atoms with Gasteiger partial charge in [0, 0.05) is 16.6 Å². The van der Waals surface area contributed by atoms with Crippen LogP contribution in [0.4, 0.5) is 10.8 Å². The SMILES string of the molecule is CC(=O)c1cccc(NC(=O)Cc2csc(NC(=O)c3cccs3)n2)c1. The molecule has 0 radical (unpaired) electrons. The van der Waals surface area contributed by atoms with Gasteiger partial charge >= 0.3 is 0 Å². The molecular weight excluding hydrogens is 370 g/mol. The van der Waals surface area contributed by atoms with E-state index in [0.717, 1.165) is 0 Å². The molecule has 2 amide bonds. The molecule has 0 spiro atoms. The highest BCUT2D eigenvalue weighted by atomic mass is 32.1. The second-order valence-electron chi connectivity index (χ2n) is 5.44. The van der Waals surface area contributed by atoms with Crippen LogP contribution in [-0.4, -0.2) is 22.6 Å². The first-order valence-electron chi connectivity index (χ1n) is 7.71. The molecule has 3 rings (SSSR count). The molecule has 26 heavy (non-hydrogen) atoms. The molecule has 0 aliphatic heterocycles. The van der Waals surface area contributed by atoms with Crippen molar-refractivity contribution < 1.29 is 14.4 Å². The average Bonchev–Trinajstić information content (AvgIpc) is 3.27. The van der Waals surface area contributed by atoms with Crippen molar-refractivity contribution in [1.29, 1.82) is 0 Å². The maximum absolute atomic E-state index is 12.2. The molecule has 0 fully saturated rings. The third-order valence-corrected chi connectivity index (χ3v) is 5.09. The lowest BCUT2D eigenvalue weighted by Gasteiger charge is -2.05. The monoisotopic (exact) mass is 385 g/mol. The largest absolute Gasteiger partial charge is 0.326 e. The Bertz CT molecular complexity index is 948. The summed E-state index contributed by atoms with van der Waals surface area (Å²) in [5.74, 6) is -0.523. The molecule has 1 aromatic carbocycles. The summed E-state index contributed by atoms with van der Waals surface area (Å²) >= 11 is 2.62. The third-order valence-electron chi connectivity index (χ3n) is 3.41. The predicted octanol–water partition coefficient (Wildman–Crippen LogP) is 3.84. The van der Waals surface area contributed by atoms with E-state index in [1.165, 1.54) is 29.6 Å². The number of thiazole rings is 1. The van der Waals surface area contributed by atoms with Crippen LogP contribution in [-0.2, 0) is 11.2 Å². The van der Waals surface area contributed by atoms with Crippen LogP contribution in [0.25, 0.3) is 0 Å². The number of benzene rings is 1. The van der Waals surface area contributed by atoms with Gasteiger partial charge in [0.1, 0.15) is 0 Å². The Morgan fingerprint density at radius 1 is 1.08 bits per heavy atom. The van der Waals surface area contributed by atoms with E-state index in [1.807, 2.05) is 5.38 Å². The molecule has 0 unspecified atom stereocenters. The molecule has 6 nitrogen and oxygen atoms in total. The second kappa shape index (κ2) is 8.03. The fourth-order valence-corrected chi connectivity index (χ4v) is 3.52. The Labute approximate surface area is 157 Å². The molecule has 0 saturated carbocycles. The van der Waals surface area contributed by atoms with E-state index in [0.29, 0.717) is 27.0 Å². The second-order valence-corrected chi connectivity index (χ2v) is 7.24. The number of rotatable bonds is 6. The van der Waals surface area contributed by atoms with Crippen molar-refractivity contribution in [1.82, 2.24) is 4.98 Å². The first-order valence-corrected chi connectivity index (χ1v) is 9.47. The Morgan fingerprint density at radius 3 is 2.65 bits per heavy atom. The topological polar surface area (TPSA) is 88.2 Å². The average molecular weight is 385 g/mol. The number of anilines is 2. The van der Waals surface area contributed by atoms with Gasteiger partial charge in [0.15, 0.2) is 10.9 Å². The lowest BCUT2D eigenvalue weighted by atomic mass is 10.1. The maximum atomic E-state index is 12.2. The number of amides is 2. The summed E-state index contributed by atoms with van der Waals surface area (Å²) < 4.78 is 0. The van der Waals surface area contributed by atoms with Crippen LogP contribution < -0.4 is 10.6 Å². The smallest absolute Gasteiger partial charge is 0.267 e. The zero-order valence-corrected chi connectivity index (χ0v) is 15.4. The van der Waals surface area contributed by atoms with E-state index >= 15 is 0 Å². The van der Waals surface area contributed by atoms with E-state index < -0.39 is 0 Å². The third kappa shape index (κ3) is 4.62. The number of hydrogen-bond acceptors (Lipinski definition) is 6. The van der Waals surface area contributed by atoms with Crippen molar-refractivity contribution >= 4 is 51.1 Å². The number of carbonyl (C=O) groups is 3. The van der Waals surface area contributed by atoms with Crippen LogP contribution in [0.15, 0.2) is 47.2 Å². The summed E-state index contributed by atoms with van der Waals surface area (Å²) in [6.07, 6.45) is 0.0790. The minimum Gasteiger partial charge on any atom is -0.326 e. The highest BCUT2D eigenvalue weighted by Crippen LogP contribution is 2.19. The van der Waals surface area contributed by atoms with Crippen LogP contribution in [0.3, 0.4) is 0 Å². The van der Waals surface area contributed by atoms with Crippen molar-refractivity contribution in [3.8, 4) is 0 Å². The molecule has 8 heteroatoms. The van der Waals surface area contributed by atoms with Crippen molar-refractivity contribution in [3.63, 3.8) is 0 Å². The summed E-state index contributed by atoms with van der Waals surface area (Å²) in [7, 11) is 0. The number of thiophene rings is 1. The van der Waals surface area contributed by atoms with E-state index in [2.05, 4.69) is 15.6 Å². The number of ketones is 1. The van der Waals surface area contributed by atoms with Gasteiger partial charge in [-0.2, -0.15) is 0 Å². The van der Waals surface area contributed by atoms with Gasteiger partial charge in [-0.15, -0.1) is 22.7 Å². The standard InChI is InChI=1S/C18H15N3O3S2/c1-11(22)12-4-2-5-13(8-12)19-16(23)9-14-10-26-18(20-14)21-17(24)15-6-3-7-25-15/h2-8,10H,9H2,1H3,(H,19,23)(H,20,21,24). The summed E-state index contributed by atoms with van der Waals surface area (Å²) in [5.41, 5.74) is 1.66. The van der Waals surface area contributed by atoms with E-state index in [1.54, 1.807) is 41.8 Å². The van der Waals surface area contributed by atoms with E-state index in [9.17, 15) is 14.4 Å². The quantitative estimate of drug-likeness (QED) is 0.631. The van der Waals surface area contributed by atoms with Crippen molar-refractivity contribution in [2.24, 2.45) is 0 Å². The minimum absolute atomic E-state index is 0.0632. The van der Waals surface area contributed by atoms with Crippen molar-refractivity contribution in [2.45, 2.75) is 13.3 Å². The number of nitrogens with one attached hydrogen (secondary N) is 2. The predicted molar refractivity (Wildman–Crippen MR) is 103 cm³/mol. The molecule has 0 bridgehead atoms. The normalized spacial score (nSPS) is 10.3. The van der Waals surface area contributed by atoms with Crippen LogP contribution in [0.2, 0.25) is 0 Å². The Balaban J connectivity index is 1.58. The molecule has 2 heterocycles. The van der Waals surface area contributed by atoms with Crippen LogP contribution in [0, 0.1) is 0 Å². The van der Waals surface area contributed by atoms with Crippen molar-refractivity contribution in [2.75, 3.05) is 10.6 Å². The molecule has 0 saturated heterocycles. The lowest BCUT2D eigenvalue weighted by molar-refractivity contribution is -0.115. The van der Waals surface area contributed by atoms with Crippen LogP contribution >= 0.6 is 22.7 Å². The number of hydrogen-bond donors (Lipinski definition) is 2. The van der Waals surface area contributed by atoms with Gasteiger partial charge in [-0.1, -0.05) is 18.2 Å². The molecule has 0 atom stereocenters. The zero-order chi connectivity index (χ0) is 18.5. The van der Waals surface area contributed by atoms with E-state index in [-0.39, 0.29) is 24.0 Å². The lowest BCUT2D eigenvalue weighted by Crippen LogP contribution is -2.15. The maximum Gasteiger partial charge on any atom is 0.267 e. The summed E-state index contributed by atoms with van der Waals surface area (Å²) in [6.45, 7) is 1.47. The minimum atomic E-state index is -0.243. The van der Waals surface area contributed by atoms with E-state index in [4.69, 9.17) is 0 Å². The van der Waals surface area contributed by atoms with Crippen LogP contribution in [0.5, 0.6) is 0 Å². The summed E-state index contributed by atoms with van der Waals surface area (Å²) in [4.78, 5) is 40.4. The Morgan fingerprint density at radius 2 is 1.92 bits per heavy atom. The number of nitrogens with zero attached hydrogens (tertiary/aromatic N) is 1. The number of carbonyl (C=O) groups excluding carboxylic acids is 3. The summed E-state index contributed by atoms with van der Waals surface area (Å²) in [5, 5.41) is 9.47. The molecular formula is C18H15N3O3S2. The van der Waals surface area contributed by atoms with Gasteiger partial charge in [-0.25, -0.2) is 4.98 Å². The fraction of sp³-hybridized carbons (Fsp3) is 0.111. The highest BCUT2D eigenvalue weighted by molar-refractivity contribution is 7.14. The van der Waals surface area contributed by atoms with Gasteiger partial charge in [0.2, 0.25) is 5.91 Å². The molecule has 132 valence electrons. The highest BCUT2D eigenvalue weighted by Gasteiger charge is 2.12. The first kappa shape index (κ1) is 18.0. The van der Waals surface area contributed by atoms with Gasteiger partial charge in [0.25, 0.3) is 5.91 Å². The van der Waals surface area contributed by atoms with Crippen LogP contribution in [0.1, 0.15) is 32.6 Å². The number of Topliss-reactive ketones (excluding diaryl/α,β-unsaturated/α-hetero) is 1. The number of aromatic nitrogens is 1. The van der Waals surface area contributed by atoms with Gasteiger partial charge in [0.05, 0.1) is 17.0 Å². The molecule has 2 aromatic heterocycles. The Hall–Kier alpha value is -2.84. The summed E-state index contributed by atoms with van der Waals surface area (Å²) in [6, 6.07) is 10.3. The van der Waals surface area contributed by atoms with Gasteiger partial charge < -0.3 is 5.32 Å². The zero-order valence-electron chi connectivity index (χ0n) is 13.8. The Kier molecular flexibility index (Phi) is 5.55. The molecule has 3 aromatic rings. The van der Waals surface area contributed by atoms with Crippen molar-refractivity contribution in [3.05, 3.63) is 63.3 Å². The fourth-order valence-electron chi connectivity index (χ4n) is 2.20. The molecule has 2 N–H and O–H groups in total. The molecule has 0 aliphatic rings. The first-order chi connectivity index (χ1) is 12.5. The van der Waals surface area contributed by atoms with Gasteiger partial charge in [-0.3, -0.25) is 19.7 Å². The van der Waals surface area contributed by atoms with Gasteiger partial charge in [-0.05, 0) is 30.5 Å².